The lowest BCUT2D eigenvalue weighted by Gasteiger charge is -2.19. The highest BCUT2D eigenvalue weighted by Gasteiger charge is 2.09. The molecule has 0 fully saturated rings. The van der Waals surface area contributed by atoms with Crippen molar-refractivity contribution in [1.29, 1.82) is 0 Å². The molecule has 1 atom stereocenters. The second-order valence-electron chi connectivity index (χ2n) is 5.64. The summed E-state index contributed by atoms with van der Waals surface area (Å²) in [6.07, 6.45) is 4.22. The van der Waals surface area contributed by atoms with Crippen molar-refractivity contribution in [2.24, 2.45) is 0 Å². The van der Waals surface area contributed by atoms with Crippen LogP contribution in [0.5, 0.6) is 5.75 Å². The van der Waals surface area contributed by atoms with E-state index in [9.17, 15) is 0 Å². The highest BCUT2D eigenvalue weighted by atomic mass is 16.5. The van der Waals surface area contributed by atoms with Crippen LogP contribution >= 0.6 is 0 Å². The van der Waals surface area contributed by atoms with Gasteiger partial charge in [0, 0.05) is 6.04 Å². The van der Waals surface area contributed by atoms with Crippen LogP contribution in [0.4, 0.5) is 5.69 Å². The number of hydrogen-bond acceptors (Lipinski definition) is 4. The molecule has 1 N–H and O–H groups in total. The van der Waals surface area contributed by atoms with E-state index in [0.29, 0.717) is 0 Å². The van der Waals surface area contributed by atoms with Crippen molar-refractivity contribution in [3.8, 4) is 11.4 Å². The smallest absolute Gasteiger partial charge is 0.142 e. The van der Waals surface area contributed by atoms with Crippen LogP contribution in [-0.4, -0.2) is 21.4 Å². The van der Waals surface area contributed by atoms with Gasteiger partial charge in [0.1, 0.15) is 18.4 Å². The minimum absolute atomic E-state index is 0.168. The van der Waals surface area contributed by atoms with Crippen molar-refractivity contribution in [1.82, 2.24) is 14.8 Å². The third kappa shape index (κ3) is 3.74. The summed E-state index contributed by atoms with van der Waals surface area (Å²) in [5.41, 5.74) is 3.21. The molecule has 5 heteroatoms. The number of aromatic nitrogens is 3. The van der Waals surface area contributed by atoms with Crippen molar-refractivity contribution >= 4 is 5.69 Å². The Morgan fingerprint density at radius 2 is 1.92 bits per heavy atom. The second kappa shape index (κ2) is 7.64. The summed E-state index contributed by atoms with van der Waals surface area (Å²) < 4.78 is 7.56. The van der Waals surface area contributed by atoms with Crippen LogP contribution in [0.3, 0.4) is 0 Å². The van der Waals surface area contributed by atoms with Crippen molar-refractivity contribution in [2.45, 2.75) is 26.3 Å². The lowest BCUT2D eigenvalue weighted by atomic mass is 10.1. The van der Waals surface area contributed by atoms with E-state index in [1.165, 1.54) is 11.9 Å². The SMILES string of the molecule is CCCOc1ccccc1NC(C)c1ccc(-n2cncn2)cc1. The molecule has 0 aliphatic carbocycles. The molecule has 3 rings (SSSR count). The van der Waals surface area contributed by atoms with Gasteiger partial charge in [-0.25, -0.2) is 9.67 Å². The monoisotopic (exact) mass is 322 g/mol. The highest BCUT2D eigenvalue weighted by Crippen LogP contribution is 2.28. The topological polar surface area (TPSA) is 52.0 Å². The van der Waals surface area contributed by atoms with Crippen molar-refractivity contribution < 1.29 is 4.74 Å². The predicted molar refractivity (Wildman–Crippen MR) is 95.6 cm³/mol. The van der Waals surface area contributed by atoms with Crippen LogP contribution in [-0.2, 0) is 0 Å². The van der Waals surface area contributed by atoms with Crippen LogP contribution in [0.15, 0.2) is 61.2 Å². The first-order valence-electron chi connectivity index (χ1n) is 8.21. The lowest BCUT2D eigenvalue weighted by molar-refractivity contribution is 0.318. The molecule has 0 amide bonds. The van der Waals surface area contributed by atoms with E-state index in [2.05, 4.69) is 41.4 Å². The maximum absolute atomic E-state index is 5.81. The van der Waals surface area contributed by atoms with Gasteiger partial charge in [-0.2, -0.15) is 5.10 Å². The fourth-order valence-electron chi connectivity index (χ4n) is 2.50. The molecule has 3 aromatic rings. The minimum Gasteiger partial charge on any atom is -0.491 e. The molecule has 0 radical (unpaired) electrons. The fraction of sp³-hybridized carbons (Fsp3) is 0.263. The first kappa shape index (κ1) is 16.1. The first-order valence-corrected chi connectivity index (χ1v) is 8.21. The maximum Gasteiger partial charge on any atom is 0.142 e. The Kier molecular flexibility index (Phi) is 5.11. The Morgan fingerprint density at radius 1 is 1.12 bits per heavy atom. The number of para-hydroxylation sites is 2. The van der Waals surface area contributed by atoms with E-state index >= 15 is 0 Å². The molecule has 0 aliphatic heterocycles. The van der Waals surface area contributed by atoms with Gasteiger partial charge >= 0.3 is 0 Å². The normalized spacial score (nSPS) is 11.9. The molecule has 0 aliphatic rings. The zero-order chi connectivity index (χ0) is 16.8. The van der Waals surface area contributed by atoms with Gasteiger partial charge in [0.05, 0.1) is 18.0 Å². The average Bonchev–Trinajstić information content (AvgIpc) is 3.16. The molecular formula is C19H22N4O. The van der Waals surface area contributed by atoms with Crippen molar-refractivity contribution in [2.75, 3.05) is 11.9 Å². The Bertz CT molecular complexity index is 753. The first-order chi connectivity index (χ1) is 11.8. The largest absolute Gasteiger partial charge is 0.491 e. The molecule has 0 saturated heterocycles. The summed E-state index contributed by atoms with van der Waals surface area (Å²) in [6, 6.07) is 16.5. The molecule has 0 saturated carbocycles. The second-order valence-corrected chi connectivity index (χ2v) is 5.64. The number of hydrogen-bond donors (Lipinski definition) is 1. The Morgan fingerprint density at radius 3 is 2.62 bits per heavy atom. The standard InChI is InChI=1S/C19H22N4O/c1-3-12-24-19-7-5-4-6-18(19)22-15(2)16-8-10-17(11-9-16)23-14-20-13-21-23/h4-11,13-15,22H,3,12H2,1-2H3. The van der Waals surface area contributed by atoms with Crippen LogP contribution in [0.25, 0.3) is 5.69 Å². The molecule has 5 nitrogen and oxygen atoms in total. The van der Waals surface area contributed by atoms with E-state index in [1.54, 1.807) is 11.0 Å². The van der Waals surface area contributed by atoms with Gasteiger partial charge in [-0.3, -0.25) is 0 Å². The summed E-state index contributed by atoms with van der Waals surface area (Å²) in [4.78, 5) is 3.97. The molecule has 0 spiro atoms. The van der Waals surface area contributed by atoms with Gasteiger partial charge in [-0.15, -0.1) is 0 Å². The highest BCUT2D eigenvalue weighted by molar-refractivity contribution is 5.57. The molecule has 124 valence electrons. The van der Waals surface area contributed by atoms with Gasteiger partial charge in [-0.05, 0) is 43.2 Å². The van der Waals surface area contributed by atoms with Crippen LogP contribution in [0.1, 0.15) is 31.9 Å². The van der Waals surface area contributed by atoms with Gasteiger partial charge in [0.2, 0.25) is 0 Å². The zero-order valence-electron chi connectivity index (χ0n) is 14.0. The fourth-order valence-corrected chi connectivity index (χ4v) is 2.50. The number of nitrogens with one attached hydrogen (secondary N) is 1. The predicted octanol–water partition coefficient (Wildman–Crippen LogP) is 4.23. The zero-order valence-corrected chi connectivity index (χ0v) is 14.0. The number of nitrogens with zero attached hydrogens (tertiary/aromatic N) is 3. The molecule has 0 bridgehead atoms. The molecule has 1 heterocycles. The minimum atomic E-state index is 0.168. The number of rotatable bonds is 7. The van der Waals surface area contributed by atoms with E-state index in [4.69, 9.17) is 4.74 Å². The Balaban J connectivity index is 1.72. The van der Waals surface area contributed by atoms with Crippen molar-refractivity contribution in [3.63, 3.8) is 0 Å². The van der Waals surface area contributed by atoms with Crippen LogP contribution in [0, 0.1) is 0 Å². The number of anilines is 1. The van der Waals surface area contributed by atoms with Crippen LogP contribution in [0.2, 0.25) is 0 Å². The molecule has 1 unspecified atom stereocenters. The Hall–Kier alpha value is -2.82. The molecular weight excluding hydrogens is 300 g/mol. The van der Waals surface area contributed by atoms with Gasteiger partial charge in [-0.1, -0.05) is 31.2 Å². The third-order valence-electron chi connectivity index (χ3n) is 3.80. The Labute approximate surface area is 142 Å². The summed E-state index contributed by atoms with van der Waals surface area (Å²) in [7, 11) is 0. The maximum atomic E-state index is 5.81. The summed E-state index contributed by atoms with van der Waals surface area (Å²) in [5.74, 6) is 0.894. The van der Waals surface area contributed by atoms with E-state index in [0.717, 1.165) is 30.2 Å². The van der Waals surface area contributed by atoms with Crippen LogP contribution < -0.4 is 10.1 Å². The van der Waals surface area contributed by atoms with Gasteiger partial charge < -0.3 is 10.1 Å². The lowest BCUT2D eigenvalue weighted by Crippen LogP contribution is -2.08. The van der Waals surface area contributed by atoms with Gasteiger partial charge in [0.15, 0.2) is 0 Å². The van der Waals surface area contributed by atoms with Crippen molar-refractivity contribution in [3.05, 3.63) is 66.7 Å². The summed E-state index contributed by atoms with van der Waals surface area (Å²) >= 11 is 0. The molecule has 2 aromatic carbocycles. The summed E-state index contributed by atoms with van der Waals surface area (Å²) in [5, 5.41) is 7.67. The summed E-state index contributed by atoms with van der Waals surface area (Å²) in [6.45, 7) is 4.97. The quantitative estimate of drug-likeness (QED) is 0.707. The number of ether oxygens (including phenoxy) is 1. The molecule has 24 heavy (non-hydrogen) atoms. The van der Waals surface area contributed by atoms with E-state index in [1.807, 2.05) is 36.4 Å². The average molecular weight is 322 g/mol. The van der Waals surface area contributed by atoms with Gasteiger partial charge in [0.25, 0.3) is 0 Å². The number of benzene rings is 2. The van der Waals surface area contributed by atoms with E-state index in [-0.39, 0.29) is 6.04 Å². The molecule has 1 aromatic heterocycles. The third-order valence-corrected chi connectivity index (χ3v) is 3.80. The van der Waals surface area contributed by atoms with E-state index < -0.39 is 0 Å².